The topological polar surface area (TPSA) is 117 Å². The van der Waals surface area contributed by atoms with Crippen LogP contribution in [0.15, 0.2) is 24.4 Å². The number of carboxylic acid groups (broad SMARTS) is 1. The molecule has 4 atom stereocenters. The third-order valence-electron chi connectivity index (χ3n) is 6.65. The second-order valence-corrected chi connectivity index (χ2v) is 11.2. The van der Waals surface area contributed by atoms with Gasteiger partial charge in [0.15, 0.2) is 6.10 Å². The highest BCUT2D eigenvalue weighted by Gasteiger charge is 2.55. The number of ether oxygens (including phenoxy) is 1. The summed E-state index contributed by atoms with van der Waals surface area (Å²) in [5, 5.41) is 16.8. The average Bonchev–Trinajstić information content (AvgIpc) is 3.45. The van der Waals surface area contributed by atoms with E-state index in [2.05, 4.69) is 5.10 Å². The van der Waals surface area contributed by atoms with Crippen molar-refractivity contribution in [1.29, 1.82) is 0 Å². The normalized spacial score (nSPS) is 27.1. The molecule has 5 rings (SSSR count). The predicted molar refractivity (Wildman–Crippen MR) is 110 cm³/mol. The Labute approximate surface area is 201 Å². The van der Waals surface area contributed by atoms with E-state index < -0.39 is 75.5 Å². The Morgan fingerprint density at radius 2 is 1.92 bits per heavy atom. The molecule has 0 radical (unpaired) electrons. The molecule has 196 valence electrons. The molecule has 1 aliphatic carbocycles. The van der Waals surface area contributed by atoms with Crippen molar-refractivity contribution in [2.75, 3.05) is 0 Å². The summed E-state index contributed by atoms with van der Waals surface area (Å²) in [5.74, 6) is -1.99. The van der Waals surface area contributed by atoms with Crippen LogP contribution in [0.2, 0.25) is 0 Å². The van der Waals surface area contributed by atoms with Crippen molar-refractivity contribution in [1.82, 2.24) is 19.4 Å². The first-order chi connectivity index (χ1) is 16.8. The van der Waals surface area contributed by atoms with Gasteiger partial charge in [-0.25, -0.2) is 17.2 Å². The maximum Gasteiger partial charge on any atom is 0.416 e. The minimum Gasteiger partial charge on any atom is -0.530 e. The minimum atomic E-state index is -4.94. The van der Waals surface area contributed by atoms with Gasteiger partial charge in [-0.3, -0.25) is 4.90 Å². The molecule has 15 heteroatoms. The second-order valence-electron chi connectivity index (χ2n) is 9.15. The van der Waals surface area contributed by atoms with Crippen molar-refractivity contribution in [3.63, 3.8) is 0 Å². The van der Waals surface area contributed by atoms with E-state index in [-0.39, 0.29) is 18.8 Å². The Hall–Kier alpha value is -2.78. The average molecular weight is 535 g/mol. The number of hydrogen-bond donors (Lipinski definition) is 1. The Kier molecular flexibility index (Phi) is 5.99. The molecule has 2 fully saturated rings. The lowest BCUT2D eigenvalue weighted by Gasteiger charge is -2.46. The number of hydrogen-bond acceptors (Lipinski definition) is 7. The molecule has 0 spiro atoms. The number of halogens is 5. The van der Waals surface area contributed by atoms with E-state index in [1.165, 1.54) is 11.1 Å². The lowest BCUT2D eigenvalue weighted by Crippen LogP contribution is -2.60. The molecule has 36 heavy (non-hydrogen) atoms. The van der Waals surface area contributed by atoms with Gasteiger partial charge in [-0.05, 0) is 37.5 Å². The van der Waals surface area contributed by atoms with Crippen LogP contribution in [0.1, 0.15) is 42.2 Å². The van der Waals surface area contributed by atoms with Gasteiger partial charge in [-0.1, -0.05) is 0 Å². The van der Waals surface area contributed by atoms with E-state index in [1.807, 2.05) is 5.32 Å². The summed E-state index contributed by atoms with van der Waals surface area (Å²) in [4.78, 5) is 12.6. The molecule has 0 unspecified atom stereocenters. The molecule has 9 nitrogen and oxygen atoms in total. The van der Waals surface area contributed by atoms with E-state index in [9.17, 15) is 40.3 Å². The molecule has 1 N–H and O–H groups in total. The highest BCUT2D eigenvalue weighted by atomic mass is 32.2. The van der Waals surface area contributed by atoms with Crippen molar-refractivity contribution in [3.8, 4) is 0 Å². The fourth-order valence-electron chi connectivity index (χ4n) is 4.83. The van der Waals surface area contributed by atoms with Gasteiger partial charge in [0.1, 0.15) is 23.8 Å². The first-order valence-electron chi connectivity index (χ1n) is 11.0. The van der Waals surface area contributed by atoms with Crippen LogP contribution >= 0.6 is 0 Å². The number of fused-ring (bicyclic) bond motifs is 1. The first-order valence-corrected chi connectivity index (χ1v) is 12.6. The number of carbonyl (C=O) groups excluding carboxylic acids is 1. The Morgan fingerprint density at radius 1 is 1.19 bits per heavy atom. The van der Waals surface area contributed by atoms with Gasteiger partial charge >= 0.3 is 6.18 Å². The first kappa shape index (κ1) is 24.9. The zero-order chi connectivity index (χ0) is 26.0. The second kappa shape index (κ2) is 8.66. The summed E-state index contributed by atoms with van der Waals surface area (Å²) in [6.45, 7) is -0.229. The zero-order valence-electron chi connectivity index (χ0n) is 18.4. The summed E-state index contributed by atoms with van der Waals surface area (Å²) in [7, 11) is -3.65. The van der Waals surface area contributed by atoms with Gasteiger partial charge < -0.3 is 20.0 Å². The SMILES string of the molecule is O=C([O-])N[C@H]1C[C@@H](N2Cc3cn(S(=O)(=O)C4CC4)nc3C2)[C@@H](C(F)(F)F)O[C@@H]1c1cc(F)ccc1F. The summed E-state index contributed by atoms with van der Waals surface area (Å²) in [6, 6.07) is -0.675. The quantitative estimate of drug-likeness (QED) is 0.578. The highest BCUT2D eigenvalue weighted by Crippen LogP contribution is 2.43. The molecule has 1 saturated carbocycles. The molecule has 3 heterocycles. The maximum absolute atomic E-state index is 14.4. The molecule has 0 bridgehead atoms. The maximum atomic E-state index is 14.4. The molecule has 1 aromatic carbocycles. The molecule has 1 aromatic heterocycles. The molecular weight excluding hydrogens is 515 g/mol. The van der Waals surface area contributed by atoms with Crippen LogP contribution < -0.4 is 10.4 Å². The molecule has 3 aliphatic rings. The van der Waals surface area contributed by atoms with Gasteiger partial charge in [0.2, 0.25) is 0 Å². The molecule has 2 aliphatic heterocycles. The molecule has 1 saturated heterocycles. The zero-order valence-corrected chi connectivity index (χ0v) is 19.2. The van der Waals surface area contributed by atoms with Crippen molar-refractivity contribution in [2.45, 2.75) is 68.1 Å². The van der Waals surface area contributed by atoms with Crippen molar-refractivity contribution in [3.05, 3.63) is 52.9 Å². The van der Waals surface area contributed by atoms with Crippen LogP contribution in [-0.4, -0.2) is 58.2 Å². The number of nitrogens with one attached hydrogen (secondary N) is 1. The lowest BCUT2D eigenvalue weighted by molar-refractivity contribution is -0.276. The third-order valence-corrected chi connectivity index (χ3v) is 8.67. The Bertz CT molecular complexity index is 1270. The summed E-state index contributed by atoms with van der Waals surface area (Å²) < 4.78 is 101. The van der Waals surface area contributed by atoms with Crippen molar-refractivity contribution < 1.29 is 45.0 Å². The summed E-state index contributed by atoms with van der Waals surface area (Å²) in [5.41, 5.74) is 0.137. The van der Waals surface area contributed by atoms with Gasteiger partial charge in [-0.15, -0.1) is 0 Å². The van der Waals surface area contributed by atoms with E-state index in [4.69, 9.17) is 4.74 Å². The van der Waals surface area contributed by atoms with E-state index in [0.717, 1.165) is 10.2 Å². The predicted octanol–water partition coefficient (Wildman–Crippen LogP) is 1.58. The number of amides is 1. The van der Waals surface area contributed by atoms with Gasteiger partial charge in [0.25, 0.3) is 10.0 Å². The molecule has 2 aromatic rings. The van der Waals surface area contributed by atoms with Gasteiger partial charge in [0, 0.05) is 36.5 Å². The molecular formula is C21H20F5N4O5S-. The number of nitrogens with zero attached hydrogens (tertiary/aromatic N) is 3. The van der Waals surface area contributed by atoms with Gasteiger partial charge in [0.05, 0.1) is 17.0 Å². The minimum absolute atomic E-state index is 0.0901. The number of benzene rings is 1. The van der Waals surface area contributed by atoms with Gasteiger partial charge in [-0.2, -0.15) is 22.4 Å². The van der Waals surface area contributed by atoms with Crippen LogP contribution in [0.25, 0.3) is 0 Å². The van der Waals surface area contributed by atoms with E-state index in [1.54, 1.807) is 0 Å². The third kappa shape index (κ3) is 4.54. The van der Waals surface area contributed by atoms with Crippen LogP contribution in [0, 0.1) is 11.6 Å². The van der Waals surface area contributed by atoms with Crippen LogP contribution in [0.4, 0.5) is 26.7 Å². The summed E-state index contributed by atoms with van der Waals surface area (Å²) >= 11 is 0. The summed E-state index contributed by atoms with van der Waals surface area (Å²) in [6.07, 6.45) is -9.16. The number of alkyl halides is 3. The monoisotopic (exact) mass is 535 g/mol. The smallest absolute Gasteiger partial charge is 0.416 e. The number of carbonyl (C=O) groups is 1. The van der Waals surface area contributed by atoms with E-state index >= 15 is 0 Å². The van der Waals surface area contributed by atoms with Crippen LogP contribution in [0.3, 0.4) is 0 Å². The molecule has 1 amide bonds. The van der Waals surface area contributed by atoms with Crippen molar-refractivity contribution >= 4 is 16.1 Å². The number of aromatic nitrogens is 2. The Balaban J connectivity index is 1.44. The highest BCUT2D eigenvalue weighted by molar-refractivity contribution is 7.90. The fraction of sp³-hybridized carbons (Fsp3) is 0.524. The Morgan fingerprint density at radius 3 is 2.53 bits per heavy atom. The number of rotatable bonds is 5. The fourth-order valence-corrected chi connectivity index (χ4v) is 6.35. The van der Waals surface area contributed by atoms with Crippen LogP contribution in [-0.2, 0) is 27.8 Å². The standard InChI is InChI=1S/C21H21F5N4O5S/c22-11-1-4-14(23)13(5-11)18-15(27-20(31)32)6-17(19(35-18)21(24,25)26)29-7-10-8-30(28-16(10)9-29)36(33,34)12-2-3-12/h1,4-5,8,12,15,17-19,27H,2-3,6-7,9H2,(H,31,32)/p-1/t15-,17+,18+,19-/m0/s1. The van der Waals surface area contributed by atoms with E-state index in [0.29, 0.717) is 30.5 Å². The largest absolute Gasteiger partial charge is 0.530 e. The lowest BCUT2D eigenvalue weighted by atomic mass is 9.88. The van der Waals surface area contributed by atoms with Crippen LogP contribution in [0.5, 0.6) is 0 Å². The van der Waals surface area contributed by atoms with Crippen molar-refractivity contribution in [2.24, 2.45) is 0 Å².